The summed E-state index contributed by atoms with van der Waals surface area (Å²) in [5.74, 6) is 0. The highest BCUT2D eigenvalue weighted by atomic mass is 35.5. The predicted molar refractivity (Wildman–Crippen MR) is 52.2 cm³/mol. The van der Waals surface area contributed by atoms with E-state index in [9.17, 15) is 0 Å². The smallest absolute Gasteiger partial charge is 0.102 e. The quantitative estimate of drug-likeness (QED) is 0.545. The monoisotopic (exact) mass is 190 g/mol. The van der Waals surface area contributed by atoms with Crippen molar-refractivity contribution >= 4 is 23.2 Å². The molecule has 0 bridgehead atoms. The van der Waals surface area contributed by atoms with E-state index in [0.29, 0.717) is 0 Å². The topological polar surface area (TPSA) is 0 Å². The van der Waals surface area contributed by atoms with E-state index < -0.39 is 4.33 Å². The van der Waals surface area contributed by atoms with Crippen LogP contribution in [0.4, 0.5) is 0 Å². The number of hydrogen-bond acceptors (Lipinski definition) is 0. The van der Waals surface area contributed by atoms with Gasteiger partial charge in [-0.05, 0) is 13.8 Å². The molecule has 0 N–H and O–H groups in total. The minimum absolute atomic E-state index is 0.556. The van der Waals surface area contributed by atoms with Crippen molar-refractivity contribution in [1.82, 2.24) is 0 Å². The third kappa shape index (κ3) is 17.7. The average molecular weight is 191 g/mol. The SMILES string of the molecule is CC(C)(Cl)Cl.c1ccccc1. The Kier molecular flexibility index (Phi) is 5.35. The van der Waals surface area contributed by atoms with Crippen LogP contribution in [-0.2, 0) is 0 Å². The molecule has 0 saturated heterocycles. The summed E-state index contributed by atoms with van der Waals surface area (Å²) in [5, 5.41) is 0. The lowest BCUT2D eigenvalue weighted by Gasteiger charge is -1.98. The van der Waals surface area contributed by atoms with Gasteiger partial charge in [0.2, 0.25) is 0 Å². The molecular formula is C9H12Cl2. The number of halogens is 2. The van der Waals surface area contributed by atoms with Gasteiger partial charge < -0.3 is 0 Å². The van der Waals surface area contributed by atoms with Crippen LogP contribution >= 0.6 is 23.2 Å². The lowest BCUT2D eigenvalue weighted by atomic mass is 10.4. The molecule has 0 atom stereocenters. The highest BCUT2D eigenvalue weighted by Crippen LogP contribution is 2.16. The number of benzene rings is 1. The highest BCUT2D eigenvalue weighted by molar-refractivity contribution is 6.47. The van der Waals surface area contributed by atoms with Gasteiger partial charge in [0.05, 0.1) is 0 Å². The standard InChI is InChI=1S/C6H6.C3H6Cl2/c1-2-4-6-5-3-1;1-3(2,4)5/h1-6H;1-2H3. The minimum Gasteiger partial charge on any atom is -0.102 e. The first-order chi connectivity index (χ1) is 5.00. The molecule has 1 aromatic rings. The van der Waals surface area contributed by atoms with Crippen LogP contribution in [0.2, 0.25) is 0 Å². The molecule has 0 fully saturated rings. The van der Waals surface area contributed by atoms with Crippen molar-refractivity contribution in [3.8, 4) is 0 Å². The van der Waals surface area contributed by atoms with Gasteiger partial charge in [-0.1, -0.05) is 36.4 Å². The second-order valence-corrected chi connectivity index (χ2v) is 4.57. The summed E-state index contributed by atoms with van der Waals surface area (Å²) >= 11 is 10.6. The van der Waals surface area contributed by atoms with Crippen molar-refractivity contribution in [3.05, 3.63) is 36.4 Å². The summed E-state index contributed by atoms with van der Waals surface area (Å²) in [6.45, 7) is 3.44. The second kappa shape index (κ2) is 5.45. The van der Waals surface area contributed by atoms with E-state index in [0.717, 1.165) is 0 Å². The Balaban J connectivity index is 0.000000187. The van der Waals surface area contributed by atoms with E-state index in [1.807, 2.05) is 36.4 Å². The molecule has 0 amide bonds. The van der Waals surface area contributed by atoms with Gasteiger partial charge >= 0.3 is 0 Å². The van der Waals surface area contributed by atoms with Crippen LogP contribution < -0.4 is 0 Å². The number of rotatable bonds is 0. The molecule has 62 valence electrons. The molecule has 0 nitrogen and oxygen atoms in total. The van der Waals surface area contributed by atoms with E-state index in [2.05, 4.69) is 0 Å². The third-order valence-corrected chi connectivity index (χ3v) is 0.667. The van der Waals surface area contributed by atoms with Crippen LogP contribution in [-0.4, -0.2) is 4.33 Å². The van der Waals surface area contributed by atoms with Crippen molar-refractivity contribution in [2.75, 3.05) is 0 Å². The molecule has 11 heavy (non-hydrogen) atoms. The van der Waals surface area contributed by atoms with E-state index in [4.69, 9.17) is 23.2 Å². The van der Waals surface area contributed by atoms with Crippen LogP contribution in [0.15, 0.2) is 36.4 Å². The van der Waals surface area contributed by atoms with E-state index in [-0.39, 0.29) is 0 Å². The zero-order valence-corrected chi connectivity index (χ0v) is 8.23. The molecule has 0 aliphatic carbocycles. The van der Waals surface area contributed by atoms with Gasteiger partial charge in [0.1, 0.15) is 4.33 Å². The Morgan fingerprint density at radius 1 is 0.727 bits per heavy atom. The van der Waals surface area contributed by atoms with Crippen LogP contribution in [0.1, 0.15) is 13.8 Å². The molecule has 1 aromatic carbocycles. The van der Waals surface area contributed by atoms with E-state index in [1.54, 1.807) is 13.8 Å². The Labute approximate surface area is 78.1 Å². The number of alkyl halides is 2. The summed E-state index contributed by atoms with van der Waals surface area (Å²) in [7, 11) is 0. The third-order valence-electron chi connectivity index (χ3n) is 0.667. The molecule has 0 aliphatic heterocycles. The zero-order valence-electron chi connectivity index (χ0n) is 6.72. The fraction of sp³-hybridized carbons (Fsp3) is 0.333. The average Bonchev–Trinajstić information content (AvgIpc) is 1.88. The molecule has 0 unspecified atom stereocenters. The van der Waals surface area contributed by atoms with Crippen molar-refractivity contribution in [2.24, 2.45) is 0 Å². The molecule has 0 saturated carbocycles. The highest BCUT2D eigenvalue weighted by Gasteiger charge is 2.03. The van der Waals surface area contributed by atoms with Crippen molar-refractivity contribution < 1.29 is 0 Å². The maximum atomic E-state index is 5.30. The normalized spacial score (nSPS) is 9.82. The molecular weight excluding hydrogens is 179 g/mol. The van der Waals surface area contributed by atoms with Crippen molar-refractivity contribution in [1.29, 1.82) is 0 Å². The summed E-state index contributed by atoms with van der Waals surface area (Å²) in [5.41, 5.74) is 0. The number of hydrogen-bond donors (Lipinski definition) is 0. The van der Waals surface area contributed by atoms with Gasteiger partial charge in [-0.25, -0.2) is 0 Å². The predicted octanol–water partition coefficient (Wildman–Crippen LogP) is 3.89. The van der Waals surface area contributed by atoms with Gasteiger partial charge in [0, 0.05) is 0 Å². The zero-order chi connectivity index (χ0) is 8.74. The maximum absolute atomic E-state index is 5.30. The Hall–Kier alpha value is -0.200. The lowest BCUT2D eigenvalue weighted by Crippen LogP contribution is -1.93. The van der Waals surface area contributed by atoms with Crippen molar-refractivity contribution in [3.63, 3.8) is 0 Å². The molecule has 1 rings (SSSR count). The van der Waals surface area contributed by atoms with Crippen LogP contribution in [0.25, 0.3) is 0 Å². The summed E-state index contributed by atoms with van der Waals surface area (Å²) in [6.07, 6.45) is 0. The first-order valence-electron chi connectivity index (χ1n) is 3.38. The molecule has 2 heteroatoms. The van der Waals surface area contributed by atoms with E-state index in [1.165, 1.54) is 0 Å². The lowest BCUT2D eigenvalue weighted by molar-refractivity contribution is 0.995. The largest absolute Gasteiger partial charge is 0.112 e. The molecule has 0 aromatic heterocycles. The summed E-state index contributed by atoms with van der Waals surface area (Å²) in [6, 6.07) is 12.0. The molecule has 0 radical (unpaired) electrons. The van der Waals surface area contributed by atoms with E-state index >= 15 is 0 Å². The maximum Gasteiger partial charge on any atom is 0.112 e. The summed E-state index contributed by atoms with van der Waals surface area (Å²) in [4.78, 5) is 0. The first-order valence-corrected chi connectivity index (χ1v) is 4.13. The Morgan fingerprint density at radius 3 is 0.909 bits per heavy atom. The van der Waals surface area contributed by atoms with Gasteiger partial charge in [0.15, 0.2) is 0 Å². The minimum atomic E-state index is -0.556. The molecule has 0 aliphatic rings. The van der Waals surface area contributed by atoms with Crippen LogP contribution in [0.5, 0.6) is 0 Å². The summed E-state index contributed by atoms with van der Waals surface area (Å²) < 4.78 is -0.556. The van der Waals surface area contributed by atoms with Crippen LogP contribution in [0.3, 0.4) is 0 Å². The van der Waals surface area contributed by atoms with Gasteiger partial charge in [-0.2, -0.15) is 0 Å². The Bertz CT molecular complexity index is 132. The fourth-order valence-electron chi connectivity index (χ4n) is 0.385. The molecule has 0 heterocycles. The Morgan fingerprint density at radius 2 is 0.818 bits per heavy atom. The molecule has 0 spiro atoms. The van der Waals surface area contributed by atoms with Gasteiger partial charge in [0.25, 0.3) is 0 Å². The van der Waals surface area contributed by atoms with Crippen molar-refractivity contribution in [2.45, 2.75) is 18.2 Å². The van der Waals surface area contributed by atoms with Crippen LogP contribution in [0, 0.1) is 0 Å². The van der Waals surface area contributed by atoms with Gasteiger partial charge in [-0.15, -0.1) is 23.2 Å². The first kappa shape index (κ1) is 10.8. The fourth-order valence-corrected chi connectivity index (χ4v) is 0.385. The van der Waals surface area contributed by atoms with Gasteiger partial charge in [-0.3, -0.25) is 0 Å². The second-order valence-electron chi connectivity index (χ2n) is 2.48.